The second kappa shape index (κ2) is 6.73. The molecule has 20 heavy (non-hydrogen) atoms. The first-order valence-corrected chi connectivity index (χ1v) is 8.32. The van der Waals surface area contributed by atoms with E-state index in [1.165, 1.54) is 37.7 Å². The third-order valence-electron chi connectivity index (χ3n) is 5.20. The summed E-state index contributed by atoms with van der Waals surface area (Å²) in [5.74, 6) is 1.21. The Balaban J connectivity index is 1.86. The van der Waals surface area contributed by atoms with Crippen molar-refractivity contribution in [3.63, 3.8) is 0 Å². The van der Waals surface area contributed by atoms with Crippen molar-refractivity contribution in [1.82, 2.24) is 5.32 Å². The molecule has 2 nitrogen and oxygen atoms in total. The Kier molecular flexibility index (Phi) is 4.74. The van der Waals surface area contributed by atoms with Gasteiger partial charge < -0.3 is 10.4 Å². The van der Waals surface area contributed by atoms with Crippen molar-refractivity contribution in [2.75, 3.05) is 6.54 Å². The molecule has 3 rings (SSSR count). The Labute approximate surface area is 122 Å². The number of aliphatic hydroxyl groups excluding tert-OH is 1. The molecule has 0 spiro atoms. The zero-order valence-electron chi connectivity index (χ0n) is 12.3. The van der Waals surface area contributed by atoms with E-state index in [1.807, 2.05) is 0 Å². The molecule has 0 radical (unpaired) electrons. The van der Waals surface area contributed by atoms with Crippen LogP contribution in [0.4, 0.5) is 0 Å². The molecule has 2 fully saturated rings. The SMILES string of the molecule is O[C@@H]1CCCN[C@H]1[C@@H](c1ccccc1)C1CCCCC1. The van der Waals surface area contributed by atoms with Crippen molar-refractivity contribution in [3.8, 4) is 0 Å². The monoisotopic (exact) mass is 273 g/mol. The zero-order chi connectivity index (χ0) is 13.8. The first-order chi connectivity index (χ1) is 9.86. The first kappa shape index (κ1) is 14.1. The quantitative estimate of drug-likeness (QED) is 0.884. The van der Waals surface area contributed by atoms with Crippen LogP contribution < -0.4 is 5.32 Å². The number of aliphatic hydroxyl groups is 1. The number of piperidine rings is 1. The number of rotatable bonds is 3. The molecule has 1 aliphatic carbocycles. The molecule has 0 aromatic heterocycles. The normalized spacial score (nSPS) is 30.1. The van der Waals surface area contributed by atoms with Gasteiger partial charge in [0.15, 0.2) is 0 Å². The highest BCUT2D eigenvalue weighted by molar-refractivity contribution is 5.23. The predicted molar refractivity (Wildman–Crippen MR) is 82.8 cm³/mol. The van der Waals surface area contributed by atoms with Crippen LogP contribution >= 0.6 is 0 Å². The van der Waals surface area contributed by atoms with Crippen LogP contribution in [-0.4, -0.2) is 23.8 Å². The number of hydrogen-bond acceptors (Lipinski definition) is 2. The van der Waals surface area contributed by atoms with Gasteiger partial charge in [0.1, 0.15) is 0 Å². The molecule has 1 saturated carbocycles. The summed E-state index contributed by atoms with van der Waals surface area (Å²) in [5.41, 5.74) is 1.41. The summed E-state index contributed by atoms with van der Waals surface area (Å²) in [6.45, 7) is 1.05. The minimum Gasteiger partial charge on any atom is -0.391 e. The summed E-state index contributed by atoms with van der Waals surface area (Å²) >= 11 is 0. The standard InChI is InChI=1S/C18H27NO/c20-16-12-7-13-19-18(16)17(14-8-3-1-4-9-14)15-10-5-2-6-11-15/h1,3-4,8-9,15-20H,2,5-7,10-13H2/t16-,17+,18-/m1/s1. The Morgan fingerprint density at radius 1 is 0.950 bits per heavy atom. The van der Waals surface area contributed by atoms with E-state index in [4.69, 9.17) is 0 Å². The molecule has 1 heterocycles. The molecule has 2 N–H and O–H groups in total. The van der Waals surface area contributed by atoms with Crippen LogP contribution in [0.1, 0.15) is 56.4 Å². The van der Waals surface area contributed by atoms with Crippen molar-refractivity contribution in [2.45, 2.75) is 63.0 Å². The molecular weight excluding hydrogens is 246 g/mol. The number of benzene rings is 1. The van der Waals surface area contributed by atoms with Gasteiger partial charge in [0.25, 0.3) is 0 Å². The summed E-state index contributed by atoms with van der Waals surface area (Å²) in [6.07, 6.45) is 8.62. The number of nitrogens with one attached hydrogen (secondary N) is 1. The maximum absolute atomic E-state index is 10.5. The largest absolute Gasteiger partial charge is 0.391 e. The zero-order valence-corrected chi connectivity index (χ0v) is 12.3. The maximum atomic E-state index is 10.5. The van der Waals surface area contributed by atoms with E-state index in [9.17, 15) is 5.11 Å². The molecule has 0 unspecified atom stereocenters. The van der Waals surface area contributed by atoms with Crippen LogP contribution in [0.25, 0.3) is 0 Å². The Hall–Kier alpha value is -0.860. The first-order valence-electron chi connectivity index (χ1n) is 8.32. The minimum atomic E-state index is -0.184. The highest BCUT2D eigenvalue weighted by atomic mass is 16.3. The van der Waals surface area contributed by atoms with Gasteiger partial charge in [-0.05, 0) is 43.7 Å². The summed E-state index contributed by atoms with van der Waals surface area (Å²) < 4.78 is 0. The molecule has 1 aromatic carbocycles. The molecule has 0 amide bonds. The van der Waals surface area contributed by atoms with Crippen molar-refractivity contribution in [1.29, 1.82) is 0 Å². The Morgan fingerprint density at radius 2 is 1.70 bits per heavy atom. The fraction of sp³-hybridized carbons (Fsp3) is 0.667. The van der Waals surface area contributed by atoms with Crippen LogP contribution in [0.2, 0.25) is 0 Å². The summed E-state index contributed by atoms with van der Waals surface area (Å²) in [4.78, 5) is 0. The average molecular weight is 273 g/mol. The van der Waals surface area contributed by atoms with Gasteiger partial charge in [-0.2, -0.15) is 0 Å². The van der Waals surface area contributed by atoms with E-state index in [0.717, 1.165) is 25.3 Å². The van der Waals surface area contributed by atoms with Crippen molar-refractivity contribution < 1.29 is 5.11 Å². The van der Waals surface area contributed by atoms with Crippen LogP contribution in [-0.2, 0) is 0 Å². The summed E-state index contributed by atoms with van der Waals surface area (Å²) in [7, 11) is 0. The molecule has 110 valence electrons. The van der Waals surface area contributed by atoms with Crippen LogP contribution in [0.15, 0.2) is 30.3 Å². The van der Waals surface area contributed by atoms with Crippen LogP contribution in [0.5, 0.6) is 0 Å². The highest BCUT2D eigenvalue weighted by Gasteiger charge is 2.36. The van der Waals surface area contributed by atoms with Crippen molar-refractivity contribution in [2.24, 2.45) is 5.92 Å². The molecule has 2 aliphatic rings. The number of hydrogen-bond donors (Lipinski definition) is 2. The smallest absolute Gasteiger partial charge is 0.0699 e. The third-order valence-corrected chi connectivity index (χ3v) is 5.20. The van der Waals surface area contributed by atoms with Gasteiger partial charge in [-0.25, -0.2) is 0 Å². The van der Waals surface area contributed by atoms with E-state index >= 15 is 0 Å². The molecule has 2 heteroatoms. The predicted octanol–water partition coefficient (Wildman–Crippen LogP) is 3.46. The lowest BCUT2D eigenvalue weighted by Gasteiger charge is -2.41. The van der Waals surface area contributed by atoms with Gasteiger partial charge >= 0.3 is 0 Å². The maximum Gasteiger partial charge on any atom is 0.0699 e. The van der Waals surface area contributed by atoms with Crippen molar-refractivity contribution in [3.05, 3.63) is 35.9 Å². The van der Waals surface area contributed by atoms with Crippen LogP contribution in [0.3, 0.4) is 0 Å². The summed E-state index contributed by atoms with van der Waals surface area (Å²) in [6, 6.07) is 11.1. The fourth-order valence-electron chi connectivity index (χ4n) is 4.20. The Bertz CT molecular complexity index is 399. The molecule has 1 aliphatic heterocycles. The van der Waals surface area contributed by atoms with Crippen LogP contribution in [0, 0.1) is 5.92 Å². The lowest BCUT2D eigenvalue weighted by atomic mass is 9.71. The lowest BCUT2D eigenvalue weighted by molar-refractivity contribution is 0.0665. The minimum absolute atomic E-state index is 0.184. The van der Waals surface area contributed by atoms with E-state index in [2.05, 4.69) is 35.6 Å². The van der Waals surface area contributed by atoms with Gasteiger partial charge in [0.2, 0.25) is 0 Å². The second-order valence-corrected chi connectivity index (χ2v) is 6.52. The van der Waals surface area contributed by atoms with Gasteiger partial charge in [0, 0.05) is 12.0 Å². The van der Waals surface area contributed by atoms with E-state index in [-0.39, 0.29) is 12.1 Å². The van der Waals surface area contributed by atoms with E-state index < -0.39 is 0 Å². The Morgan fingerprint density at radius 3 is 2.40 bits per heavy atom. The molecule has 1 aromatic rings. The van der Waals surface area contributed by atoms with E-state index in [1.54, 1.807) is 0 Å². The molecule has 1 saturated heterocycles. The third kappa shape index (κ3) is 3.07. The lowest BCUT2D eigenvalue weighted by Crippen LogP contribution is -2.50. The summed E-state index contributed by atoms with van der Waals surface area (Å²) in [5, 5.41) is 14.1. The highest BCUT2D eigenvalue weighted by Crippen LogP contribution is 2.40. The van der Waals surface area contributed by atoms with Gasteiger partial charge in [-0.3, -0.25) is 0 Å². The fourth-order valence-corrected chi connectivity index (χ4v) is 4.20. The average Bonchev–Trinajstić information content (AvgIpc) is 2.52. The van der Waals surface area contributed by atoms with Gasteiger partial charge in [-0.1, -0.05) is 49.6 Å². The topological polar surface area (TPSA) is 32.3 Å². The van der Waals surface area contributed by atoms with Gasteiger partial charge in [0.05, 0.1) is 6.10 Å². The van der Waals surface area contributed by atoms with E-state index in [0.29, 0.717) is 5.92 Å². The molecule has 3 atom stereocenters. The van der Waals surface area contributed by atoms with Crippen molar-refractivity contribution >= 4 is 0 Å². The molecular formula is C18H27NO. The van der Waals surface area contributed by atoms with Gasteiger partial charge in [-0.15, -0.1) is 0 Å². The molecule has 0 bridgehead atoms. The second-order valence-electron chi connectivity index (χ2n) is 6.52.